The van der Waals surface area contributed by atoms with Gasteiger partial charge in [0.15, 0.2) is 0 Å². The first kappa shape index (κ1) is 18.3. The van der Waals surface area contributed by atoms with Gasteiger partial charge in [0.2, 0.25) is 4.77 Å². The van der Waals surface area contributed by atoms with Crippen LogP contribution >= 0.6 is 12.2 Å². The third-order valence-electron chi connectivity index (χ3n) is 4.46. The first-order valence-electron chi connectivity index (χ1n) is 8.60. The first-order chi connectivity index (χ1) is 12.3. The molecule has 1 aromatic carbocycles. The van der Waals surface area contributed by atoms with Gasteiger partial charge in [0, 0.05) is 34.1 Å². The van der Waals surface area contributed by atoms with Crippen LogP contribution in [-0.4, -0.2) is 25.7 Å². The predicted octanol–water partition coefficient (Wildman–Crippen LogP) is 3.76. The second-order valence-electron chi connectivity index (χ2n) is 7.25. The minimum Gasteiger partial charge on any atom is -0.344 e. The monoisotopic (exact) mass is 369 g/mol. The van der Waals surface area contributed by atoms with Crippen LogP contribution in [0.2, 0.25) is 0 Å². The Morgan fingerprint density at radius 3 is 2.65 bits per heavy atom. The maximum atomic E-state index is 12.8. The number of para-hydroxylation sites is 1. The number of aromatic nitrogens is 4. The van der Waals surface area contributed by atoms with Gasteiger partial charge in [0.05, 0.1) is 6.21 Å². The lowest BCUT2D eigenvalue weighted by Crippen LogP contribution is -2.32. The largest absolute Gasteiger partial charge is 0.344 e. The minimum absolute atomic E-state index is 0.177. The molecule has 1 N–H and O–H groups in total. The van der Waals surface area contributed by atoms with Crippen molar-refractivity contribution in [2.24, 2.45) is 5.10 Å². The van der Waals surface area contributed by atoms with E-state index in [1.165, 1.54) is 4.68 Å². The van der Waals surface area contributed by atoms with E-state index >= 15 is 0 Å². The van der Waals surface area contributed by atoms with Crippen molar-refractivity contribution in [1.82, 2.24) is 19.4 Å². The van der Waals surface area contributed by atoms with E-state index in [4.69, 9.17) is 12.2 Å². The molecule has 0 amide bonds. The Bertz CT molecular complexity index is 1110. The van der Waals surface area contributed by atoms with Crippen LogP contribution in [0, 0.1) is 11.7 Å². The zero-order valence-electron chi connectivity index (χ0n) is 15.7. The summed E-state index contributed by atoms with van der Waals surface area (Å²) < 4.78 is 3.62. The normalized spacial score (nSPS) is 12.3. The highest BCUT2D eigenvalue weighted by Gasteiger charge is 2.21. The van der Waals surface area contributed by atoms with E-state index in [-0.39, 0.29) is 10.3 Å². The predicted molar refractivity (Wildman–Crippen MR) is 108 cm³/mol. The number of fused-ring (bicyclic) bond motifs is 1. The second kappa shape index (κ2) is 6.64. The average molecular weight is 369 g/mol. The van der Waals surface area contributed by atoms with Crippen molar-refractivity contribution < 1.29 is 0 Å². The topological polar surface area (TPSA) is 68.0 Å². The van der Waals surface area contributed by atoms with Gasteiger partial charge in [-0.3, -0.25) is 9.89 Å². The van der Waals surface area contributed by atoms with Gasteiger partial charge in [-0.1, -0.05) is 39.0 Å². The van der Waals surface area contributed by atoms with Crippen molar-refractivity contribution in [3.05, 3.63) is 56.3 Å². The van der Waals surface area contributed by atoms with Crippen LogP contribution in [0.25, 0.3) is 10.9 Å². The number of hydrogen-bond donors (Lipinski definition) is 1. The number of aromatic amines is 1. The van der Waals surface area contributed by atoms with Crippen molar-refractivity contribution in [2.45, 2.75) is 46.6 Å². The fraction of sp³-hybridized carbons (Fsp3) is 0.368. The molecular weight excluding hydrogens is 346 g/mol. The van der Waals surface area contributed by atoms with Gasteiger partial charge in [0.1, 0.15) is 5.69 Å². The van der Waals surface area contributed by atoms with Crippen LogP contribution < -0.4 is 5.56 Å². The first-order valence-corrected chi connectivity index (χ1v) is 9.01. The summed E-state index contributed by atoms with van der Waals surface area (Å²) in [5.41, 5.74) is 2.94. The van der Waals surface area contributed by atoms with Gasteiger partial charge in [-0.15, -0.1) is 0 Å². The van der Waals surface area contributed by atoms with E-state index in [1.54, 1.807) is 6.21 Å². The molecule has 6 nitrogen and oxygen atoms in total. The lowest BCUT2D eigenvalue weighted by atomic mass is 9.93. The highest BCUT2D eigenvalue weighted by molar-refractivity contribution is 7.71. The van der Waals surface area contributed by atoms with Crippen LogP contribution in [0.1, 0.15) is 44.6 Å². The highest BCUT2D eigenvalue weighted by Crippen LogP contribution is 2.24. The molecule has 3 rings (SSSR count). The van der Waals surface area contributed by atoms with E-state index in [2.05, 4.69) is 45.8 Å². The minimum atomic E-state index is -0.401. The summed E-state index contributed by atoms with van der Waals surface area (Å²) in [5, 5.41) is 12.3. The maximum Gasteiger partial charge on any atom is 0.297 e. The third kappa shape index (κ3) is 3.03. The molecule has 0 aliphatic heterocycles. The van der Waals surface area contributed by atoms with E-state index in [0.29, 0.717) is 5.69 Å². The maximum absolute atomic E-state index is 12.8. The van der Waals surface area contributed by atoms with Crippen molar-refractivity contribution in [2.75, 3.05) is 0 Å². The average Bonchev–Trinajstić information content (AvgIpc) is 2.84. The van der Waals surface area contributed by atoms with E-state index in [0.717, 1.165) is 28.7 Å². The van der Waals surface area contributed by atoms with Crippen molar-refractivity contribution >= 4 is 29.3 Å². The summed E-state index contributed by atoms with van der Waals surface area (Å²) in [6.45, 7) is 10.8. The van der Waals surface area contributed by atoms with Crippen LogP contribution in [0.5, 0.6) is 0 Å². The van der Waals surface area contributed by atoms with Gasteiger partial charge in [-0.2, -0.15) is 14.9 Å². The third-order valence-corrected chi connectivity index (χ3v) is 4.72. The molecule has 0 aliphatic rings. The molecule has 7 heteroatoms. The molecule has 3 aromatic rings. The summed E-state index contributed by atoms with van der Waals surface area (Å²) in [4.78, 5) is 12.8. The molecule has 2 aromatic heterocycles. The van der Waals surface area contributed by atoms with Crippen molar-refractivity contribution in [3.8, 4) is 0 Å². The Kier molecular flexibility index (Phi) is 4.66. The van der Waals surface area contributed by atoms with Crippen molar-refractivity contribution in [3.63, 3.8) is 0 Å². The van der Waals surface area contributed by atoms with Crippen LogP contribution in [0.4, 0.5) is 0 Å². The summed E-state index contributed by atoms with van der Waals surface area (Å²) in [5.74, 6) is 0. The fourth-order valence-electron chi connectivity index (χ4n) is 3.13. The molecule has 0 unspecified atom stereocenters. The smallest absolute Gasteiger partial charge is 0.297 e. The quantitative estimate of drug-likeness (QED) is 0.564. The Morgan fingerprint density at radius 1 is 1.31 bits per heavy atom. The number of rotatable bonds is 3. The van der Waals surface area contributed by atoms with Crippen molar-refractivity contribution in [1.29, 1.82) is 0 Å². The Labute approximate surface area is 157 Å². The molecule has 0 aliphatic carbocycles. The number of nitrogens with zero attached hydrogens (tertiary/aromatic N) is 4. The van der Waals surface area contributed by atoms with Gasteiger partial charge < -0.3 is 4.57 Å². The molecule has 0 bridgehead atoms. The van der Waals surface area contributed by atoms with Gasteiger partial charge in [-0.25, -0.2) is 0 Å². The zero-order chi connectivity index (χ0) is 19.1. The van der Waals surface area contributed by atoms with E-state index in [1.807, 2.05) is 32.9 Å². The fourth-order valence-corrected chi connectivity index (χ4v) is 3.30. The molecular formula is C19H23N5OS. The van der Waals surface area contributed by atoms with E-state index < -0.39 is 5.41 Å². The molecule has 0 saturated carbocycles. The van der Waals surface area contributed by atoms with Crippen LogP contribution in [0.15, 0.2) is 34.2 Å². The van der Waals surface area contributed by atoms with Crippen LogP contribution in [0.3, 0.4) is 0 Å². The number of aryl methyl sites for hydroxylation is 1. The molecule has 136 valence electrons. The molecule has 0 spiro atoms. The molecule has 0 fully saturated rings. The molecule has 26 heavy (non-hydrogen) atoms. The van der Waals surface area contributed by atoms with Gasteiger partial charge in [-0.05, 0) is 32.1 Å². The van der Waals surface area contributed by atoms with Gasteiger partial charge >= 0.3 is 0 Å². The van der Waals surface area contributed by atoms with Gasteiger partial charge in [0.25, 0.3) is 5.56 Å². The standard InChI is InChI=1S/C19H23N5OS/c1-6-23-12(2)14(13-9-7-8-10-15(13)23)11-20-24-17(25)16(19(3,4)5)21-22-18(24)26/h7-11H,6H2,1-5H3,(H,22,26)/b20-11-. The highest BCUT2D eigenvalue weighted by atomic mass is 32.1. The second-order valence-corrected chi connectivity index (χ2v) is 7.64. The summed E-state index contributed by atoms with van der Waals surface area (Å²) in [7, 11) is 0. The number of benzene rings is 1. The summed E-state index contributed by atoms with van der Waals surface area (Å²) in [6.07, 6.45) is 1.71. The summed E-state index contributed by atoms with van der Waals surface area (Å²) in [6, 6.07) is 8.17. The summed E-state index contributed by atoms with van der Waals surface area (Å²) >= 11 is 5.22. The molecule has 0 radical (unpaired) electrons. The zero-order valence-corrected chi connectivity index (χ0v) is 16.5. The molecule has 0 atom stereocenters. The SMILES string of the molecule is CCn1c(C)c(/C=N\n2c(=S)[nH]nc(C(C)(C)C)c2=O)c2ccccc21. The molecule has 0 saturated heterocycles. The Hall–Kier alpha value is -2.54. The molecule has 2 heterocycles. The number of H-pyrrole nitrogens is 1. The van der Waals surface area contributed by atoms with E-state index in [9.17, 15) is 4.79 Å². The van der Waals surface area contributed by atoms with Crippen LogP contribution in [-0.2, 0) is 12.0 Å². The number of hydrogen-bond acceptors (Lipinski definition) is 4. The Morgan fingerprint density at radius 2 is 2.00 bits per heavy atom. The lowest BCUT2D eigenvalue weighted by molar-refractivity contribution is 0.529. The lowest BCUT2D eigenvalue weighted by Gasteiger charge is -2.16. The Balaban J connectivity index is 2.19. The number of nitrogens with one attached hydrogen (secondary N) is 1.